The maximum absolute atomic E-state index is 13.0. The van der Waals surface area contributed by atoms with Crippen LogP contribution in [0.1, 0.15) is 34.4 Å². The fourth-order valence-electron chi connectivity index (χ4n) is 3.13. The van der Waals surface area contributed by atoms with E-state index in [4.69, 9.17) is 4.42 Å². The molecule has 136 valence electrons. The smallest absolute Gasteiger partial charge is 0.277 e. The lowest BCUT2D eigenvalue weighted by molar-refractivity contribution is 0.0994. The lowest BCUT2D eigenvalue weighted by atomic mass is 10.1. The Morgan fingerprint density at radius 3 is 2.67 bits per heavy atom. The number of nitrogens with one attached hydrogen (secondary N) is 1. The van der Waals surface area contributed by atoms with E-state index in [1.807, 2.05) is 68.4 Å². The number of benzene rings is 2. The van der Waals surface area contributed by atoms with Crippen LogP contribution < -0.4 is 0 Å². The summed E-state index contributed by atoms with van der Waals surface area (Å²) in [5.74, 6) is 0.601. The summed E-state index contributed by atoms with van der Waals surface area (Å²) in [6.07, 6.45) is 0.582. The Balaban J connectivity index is 1.50. The Kier molecular flexibility index (Phi) is 4.81. The van der Waals surface area contributed by atoms with Gasteiger partial charge in [0.1, 0.15) is 0 Å². The number of aryl methyl sites for hydroxylation is 1. The highest BCUT2D eigenvalue weighted by atomic mass is 32.2. The first-order valence-corrected chi connectivity index (χ1v) is 9.64. The van der Waals surface area contributed by atoms with Gasteiger partial charge < -0.3 is 9.40 Å². The molecular weight excluding hydrogens is 358 g/mol. The molecule has 5 nitrogen and oxygen atoms in total. The topological polar surface area (TPSA) is 71.8 Å². The molecule has 27 heavy (non-hydrogen) atoms. The molecule has 0 aliphatic heterocycles. The van der Waals surface area contributed by atoms with Gasteiger partial charge in [0.25, 0.3) is 5.22 Å². The highest BCUT2D eigenvalue weighted by Gasteiger charge is 2.24. The zero-order valence-electron chi connectivity index (χ0n) is 15.1. The number of para-hydroxylation sites is 1. The molecule has 4 rings (SSSR count). The number of thioether (sulfide) groups is 1. The number of Topliss-reactive ketones (excluding diaryl/α,β-unsaturated/α-hetero) is 1. The van der Waals surface area contributed by atoms with Gasteiger partial charge in [0.15, 0.2) is 5.78 Å². The molecule has 0 aliphatic carbocycles. The number of hydrogen-bond acceptors (Lipinski definition) is 5. The van der Waals surface area contributed by atoms with Crippen molar-refractivity contribution in [2.24, 2.45) is 0 Å². The van der Waals surface area contributed by atoms with Gasteiger partial charge in [-0.05, 0) is 25.5 Å². The molecule has 1 N–H and O–H groups in total. The Morgan fingerprint density at radius 1 is 1.11 bits per heavy atom. The maximum atomic E-state index is 13.0. The van der Waals surface area contributed by atoms with Crippen LogP contribution >= 0.6 is 11.8 Å². The lowest BCUT2D eigenvalue weighted by Gasteiger charge is -2.07. The summed E-state index contributed by atoms with van der Waals surface area (Å²) in [6.45, 7) is 3.80. The predicted molar refractivity (Wildman–Crippen MR) is 106 cm³/mol. The third-order valence-corrected chi connectivity index (χ3v) is 5.37. The first-order chi connectivity index (χ1) is 13.1. The molecule has 0 amide bonds. The number of fused-ring (bicyclic) bond motifs is 1. The number of hydrogen-bond donors (Lipinski definition) is 1. The normalized spacial score (nSPS) is 12.4. The van der Waals surface area contributed by atoms with Gasteiger partial charge in [-0.3, -0.25) is 4.79 Å². The zero-order valence-corrected chi connectivity index (χ0v) is 15.9. The average Bonchev–Trinajstić information content (AvgIpc) is 3.24. The van der Waals surface area contributed by atoms with Crippen LogP contribution in [0.2, 0.25) is 0 Å². The predicted octanol–water partition coefficient (Wildman–Crippen LogP) is 4.81. The molecule has 0 spiro atoms. The van der Waals surface area contributed by atoms with Crippen molar-refractivity contribution in [1.29, 1.82) is 0 Å². The standard InChI is InChI=1S/C21H19N3O2S/c1-13-19(16-10-6-7-11-17(16)22-13)20(25)14(2)27-21-24-23-18(26-21)12-15-8-4-3-5-9-15/h3-11,14,22H,12H2,1-2H3/t14-/m0/s1. The molecule has 2 aromatic carbocycles. The Bertz CT molecular complexity index is 1090. The van der Waals surface area contributed by atoms with E-state index in [0.29, 0.717) is 17.5 Å². The summed E-state index contributed by atoms with van der Waals surface area (Å²) in [7, 11) is 0. The quantitative estimate of drug-likeness (QED) is 0.385. The van der Waals surface area contributed by atoms with Crippen molar-refractivity contribution in [2.75, 3.05) is 0 Å². The second-order valence-corrected chi connectivity index (χ2v) is 7.71. The van der Waals surface area contributed by atoms with E-state index in [2.05, 4.69) is 15.2 Å². The first kappa shape index (κ1) is 17.5. The molecule has 0 bridgehead atoms. The van der Waals surface area contributed by atoms with Gasteiger partial charge in [0, 0.05) is 22.2 Å². The van der Waals surface area contributed by atoms with Gasteiger partial charge in [-0.1, -0.05) is 60.3 Å². The fraction of sp³-hybridized carbons (Fsp3) is 0.190. The number of aromatic amines is 1. The Morgan fingerprint density at radius 2 is 1.85 bits per heavy atom. The van der Waals surface area contributed by atoms with Crippen molar-refractivity contribution >= 4 is 28.4 Å². The molecule has 0 radical (unpaired) electrons. The maximum Gasteiger partial charge on any atom is 0.277 e. The molecule has 4 aromatic rings. The lowest BCUT2D eigenvalue weighted by Crippen LogP contribution is -2.14. The summed E-state index contributed by atoms with van der Waals surface area (Å²) in [5, 5.41) is 9.22. The van der Waals surface area contributed by atoms with Gasteiger partial charge in [-0.2, -0.15) is 0 Å². The second-order valence-electron chi connectivity index (χ2n) is 6.42. The van der Waals surface area contributed by atoms with Crippen LogP contribution in [-0.2, 0) is 6.42 Å². The Hall–Kier alpha value is -2.86. The number of rotatable bonds is 6. The summed E-state index contributed by atoms with van der Waals surface area (Å²) in [6, 6.07) is 17.8. The molecule has 0 saturated heterocycles. The first-order valence-electron chi connectivity index (χ1n) is 8.76. The van der Waals surface area contributed by atoms with Crippen molar-refractivity contribution in [3.8, 4) is 0 Å². The number of nitrogens with zero attached hydrogens (tertiary/aromatic N) is 2. The molecule has 1 atom stereocenters. The van der Waals surface area contributed by atoms with Crippen LogP contribution in [0.5, 0.6) is 0 Å². The summed E-state index contributed by atoms with van der Waals surface area (Å²) < 4.78 is 5.72. The molecule has 0 aliphatic rings. The highest BCUT2D eigenvalue weighted by Crippen LogP contribution is 2.29. The molecule has 0 saturated carbocycles. The number of carbonyl (C=O) groups is 1. The number of H-pyrrole nitrogens is 1. The van der Waals surface area contributed by atoms with Crippen LogP contribution in [0.25, 0.3) is 10.9 Å². The SMILES string of the molecule is Cc1[nH]c2ccccc2c1C(=O)[C@H](C)Sc1nnc(Cc2ccccc2)o1. The third-order valence-electron chi connectivity index (χ3n) is 4.43. The molecule has 0 fully saturated rings. The van der Waals surface area contributed by atoms with E-state index in [0.717, 1.165) is 27.7 Å². The highest BCUT2D eigenvalue weighted by molar-refractivity contribution is 8.00. The van der Waals surface area contributed by atoms with Crippen LogP contribution in [-0.4, -0.2) is 26.2 Å². The zero-order chi connectivity index (χ0) is 18.8. The van der Waals surface area contributed by atoms with E-state index >= 15 is 0 Å². The fourth-order valence-corrected chi connectivity index (χ4v) is 3.89. The van der Waals surface area contributed by atoms with Gasteiger partial charge in [0.2, 0.25) is 5.89 Å². The average molecular weight is 377 g/mol. The van der Waals surface area contributed by atoms with E-state index in [1.54, 1.807) is 0 Å². The van der Waals surface area contributed by atoms with Crippen LogP contribution in [0.15, 0.2) is 64.2 Å². The van der Waals surface area contributed by atoms with Gasteiger partial charge in [0.05, 0.1) is 11.7 Å². The van der Waals surface area contributed by atoms with Crippen LogP contribution in [0, 0.1) is 6.92 Å². The minimum atomic E-state index is -0.326. The Labute approximate surface area is 161 Å². The van der Waals surface area contributed by atoms with Crippen molar-refractivity contribution < 1.29 is 9.21 Å². The summed E-state index contributed by atoms with van der Waals surface area (Å²) >= 11 is 1.29. The summed E-state index contributed by atoms with van der Waals surface area (Å²) in [4.78, 5) is 16.3. The monoisotopic (exact) mass is 377 g/mol. The van der Waals surface area contributed by atoms with Crippen LogP contribution in [0.3, 0.4) is 0 Å². The third kappa shape index (κ3) is 3.66. The number of aromatic nitrogens is 3. The minimum absolute atomic E-state index is 0.0535. The molecule has 2 aromatic heterocycles. The molecular formula is C21H19N3O2S. The van der Waals surface area contributed by atoms with Crippen LogP contribution in [0.4, 0.5) is 0 Å². The number of carbonyl (C=O) groups excluding carboxylic acids is 1. The van der Waals surface area contributed by atoms with E-state index in [-0.39, 0.29) is 11.0 Å². The van der Waals surface area contributed by atoms with E-state index in [9.17, 15) is 4.79 Å². The molecule has 2 heterocycles. The van der Waals surface area contributed by atoms with Crippen molar-refractivity contribution in [2.45, 2.75) is 30.7 Å². The van der Waals surface area contributed by atoms with Gasteiger partial charge >= 0.3 is 0 Å². The number of ketones is 1. The van der Waals surface area contributed by atoms with E-state index < -0.39 is 0 Å². The van der Waals surface area contributed by atoms with Crippen molar-refractivity contribution in [3.63, 3.8) is 0 Å². The van der Waals surface area contributed by atoms with E-state index in [1.165, 1.54) is 11.8 Å². The van der Waals surface area contributed by atoms with Crippen molar-refractivity contribution in [3.05, 3.63) is 77.3 Å². The molecule has 0 unspecified atom stereocenters. The minimum Gasteiger partial charge on any atom is -0.416 e. The van der Waals surface area contributed by atoms with Gasteiger partial charge in [-0.25, -0.2) is 0 Å². The second kappa shape index (κ2) is 7.40. The van der Waals surface area contributed by atoms with Gasteiger partial charge in [-0.15, -0.1) is 10.2 Å². The molecule has 6 heteroatoms. The summed E-state index contributed by atoms with van der Waals surface area (Å²) in [5.41, 5.74) is 3.69. The van der Waals surface area contributed by atoms with Crippen molar-refractivity contribution in [1.82, 2.24) is 15.2 Å². The largest absolute Gasteiger partial charge is 0.416 e.